The van der Waals surface area contributed by atoms with Gasteiger partial charge in [-0.2, -0.15) is 26.3 Å². The first-order valence-corrected chi connectivity index (χ1v) is 9.42. The number of hydrogen-bond acceptors (Lipinski definition) is 4. The number of esters is 1. The molecule has 0 fully saturated rings. The summed E-state index contributed by atoms with van der Waals surface area (Å²) in [7, 11) is 0. The second-order valence-corrected chi connectivity index (χ2v) is 6.92. The number of fused-ring (bicyclic) bond motifs is 1. The molecule has 12 heteroatoms. The predicted octanol–water partition coefficient (Wildman–Crippen LogP) is 5.52. The summed E-state index contributed by atoms with van der Waals surface area (Å²) in [6.45, 7) is 3.18. The Labute approximate surface area is 166 Å². The Balaban J connectivity index is 2.77. The van der Waals surface area contributed by atoms with Crippen molar-refractivity contribution in [1.29, 1.82) is 0 Å². The number of carbonyl (C=O) groups excluding carboxylic acids is 2. The quantitative estimate of drug-likeness (QED) is 0.444. The first kappa shape index (κ1) is 23.0. The number of hydrogen-bond donors (Lipinski definition) is 0. The lowest BCUT2D eigenvalue weighted by molar-refractivity contribution is -0.138. The molecule has 0 unspecified atom stereocenters. The third-order valence-corrected chi connectivity index (χ3v) is 5.29. The summed E-state index contributed by atoms with van der Waals surface area (Å²) in [6, 6.07) is -0.886. The number of allylic oxidation sites excluding steroid dienone is 1. The highest BCUT2D eigenvalue weighted by molar-refractivity contribution is 7.18. The van der Waals surface area contributed by atoms with Gasteiger partial charge in [-0.15, -0.1) is 11.3 Å². The van der Waals surface area contributed by atoms with Crippen LogP contribution in [0.25, 0.3) is 5.70 Å². The third kappa shape index (κ3) is 4.51. The van der Waals surface area contributed by atoms with E-state index in [4.69, 9.17) is 4.74 Å². The minimum atomic E-state index is -4.99. The third-order valence-electron chi connectivity index (χ3n) is 4.10. The summed E-state index contributed by atoms with van der Waals surface area (Å²) >= 11 is 0.307. The Morgan fingerprint density at radius 3 is 2.21 bits per heavy atom. The number of ether oxygens (including phenoxy) is 1. The van der Waals surface area contributed by atoms with Crippen LogP contribution in [0.2, 0.25) is 0 Å². The molecule has 0 atom stereocenters. The van der Waals surface area contributed by atoms with E-state index in [1.54, 1.807) is 0 Å². The van der Waals surface area contributed by atoms with E-state index in [0.717, 1.165) is 4.90 Å². The summed E-state index contributed by atoms with van der Waals surface area (Å²) in [5.74, 6) is -1.25. The second-order valence-electron chi connectivity index (χ2n) is 5.92. The van der Waals surface area contributed by atoms with Gasteiger partial charge in [-0.05, 0) is 20.8 Å². The van der Waals surface area contributed by atoms with Crippen molar-refractivity contribution in [3.63, 3.8) is 0 Å². The SMILES string of the molecule is C/C=C1/c2c(sc(C(=O)OCC)c2C(F)(F)F)N(CCC(F)(F)F)C(=O)N1CC. The van der Waals surface area contributed by atoms with Gasteiger partial charge in [0.1, 0.15) is 9.88 Å². The lowest BCUT2D eigenvalue weighted by Crippen LogP contribution is -2.47. The monoisotopic (exact) mass is 444 g/mol. The smallest absolute Gasteiger partial charge is 0.418 e. The number of nitrogens with zero attached hydrogens (tertiary/aromatic N) is 2. The molecule has 0 spiro atoms. The molecular formula is C17H18F6N2O3S. The Morgan fingerprint density at radius 2 is 1.76 bits per heavy atom. The van der Waals surface area contributed by atoms with Gasteiger partial charge in [0.25, 0.3) is 0 Å². The van der Waals surface area contributed by atoms with Crippen LogP contribution in [0.5, 0.6) is 0 Å². The largest absolute Gasteiger partial charge is 0.462 e. The van der Waals surface area contributed by atoms with E-state index in [9.17, 15) is 35.9 Å². The van der Waals surface area contributed by atoms with Gasteiger partial charge in [0, 0.05) is 18.7 Å². The number of rotatable bonds is 5. The maximum Gasteiger partial charge on any atom is 0.418 e. The molecule has 0 aromatic carbocycles. The van der Waals surface area contributed by atoms with E-state index in [1.165, 1.54) is 26.8 Å². The molecule has 0 saturated heterocycles. The molecule has 162 valence electrons. The molecule has 5 nitrogen and oxygen atoms in total. The van der Waals surface area contributed by atoms with Crippen LogP contribution in [0.3, 0.4) is 0 Å². The number of anilines is 1. The lowest BCUT2D eigenvalue weighted by Gasteiger charge is -2.37. The van der Waals surface area contributed by atoms with Gasteiger partial charge in [-0.25, -0.2) is 9.59 Å². The number of halogens is 6. The van der Waals surface area contributed by atoms with Crippen molar-refractivity contribution in [3.8, 4) is 0 Å². The van der Waals surface area contributed by atoms with Crippen molar-refractivity contribution < 1.29 is 40.7 Å². The van der Waals surface area contributed by atoms with Gasteiger partial charge in [0.05, 0.1) is 24.3 Å². The van der Waals surface area contributed by atoms with E-state index >= 15 is 0 Å². The number of carbonyl (C=O) groups is 2. The van der Waals surface area contributed by atoms with Crippen LogP contribution in [0, 0.1) is 0 Å². The standard InChI is InChI=1S/C17H18F6N2O3S/c1-4-9-10-11(17(21,22)23)12(14(26)28-6-3)29-13(10)25(8-7-16(18,19)20)15(27)24(9)5-2/h4H,5-8H2,1-3H3/b9-4-. The lowest BCUT2D eigenvalue weighted by atomic mass is 10.0. The fourth-order valence-corrected chi connectivity index (χ4v) is 4.21. The summed E-state index contributed by atoms with van der Waals surface area (Å²) in [4.78, 5) is 25.7. The first-order valence-electron chi connectivity index (χ1n) is 8.60. The molecule has 1 aliphatic heterocycles. The van der Waals surface area contributed by atoms with Crippen LogP contribution in [0.15, 0.2) is 6.08 Å². The molecule has 0 bridgehead atoms. The topological polar surface area (TPSA) is 49.9 Å². The zero-order valence-corrected chi connectivity index (χ0v) is 16.5. The highest BCUT2D eigenvalue weighted by Gasteiger charge is 2.48. The Kier molecular flexibility index (Phi) is 6.55. The number of alkyl halides is 6. The Hall–Kier alpha value is -2.24. The van der Waals surface area contributed by atoms with Crippen LogP contribution in [-0.2, 0) is 10.9 Å². The van der Waals surface area contributed by atoms with E-state index in [2.05, 4.69) is 0 Å². The highest BCUT2D eigenvalue weighted by atomic mass is 32.1. The maximum absolute atomic E-state index is 13.9. The van der Waals surface area contributed by atoms with Gasteiger partial charge in [-0.3, -0.25) is 9.80 Å². The zero-order valence-electron chi connectivity index (χ0n) is 15.7. The van der Waals surface area contributed by atoms with Gasteiger partial charge in [0.2, 0.25) is 0 Å². The molecule has 2 amide bonds. The van der Waals surface area contributed by atoms with Crippen molar-refractivity contribution in [2.75, 3.05) is 24.6 Å². The highest BCUT2D eigenvalue weighted by Crippen LogP contribution is 2.51. The molecular weight excluding hydrogens is 426 g/mol. The summed E-state index contributed by atoms with van der Waals surface area (Å²) in [6.07, 6.45) is -9.75. The first-order chi connectivity index (χ1) is 13.4. The molecule has 0 aliphatic carbocycles. The van der Waals surface area contributed by atoms with Crippen LogP contribution in [0.1, 0.15) is 48.0 Å². The molecule has 29 heavy (non-hydrogen) atoms. The van der Waals surface area contributed by atoms with E-state index < -0.39 is 53.3 Å². The Morgan fingerprint density at radius 1 is 1.14 bits per heavy atom. The molecule has 1 aliphatic rings. The van der Waals surface area contributed by atoms with Gasteiger partial charge < -0.3 is 4.74 Å². The van der Waals surface area contributed by atoms with Gasteiger partial charge in [-0.1, -0.05) is 6.08 Å². The average molecular weight is 444 g/mol. The van der Waals surface area contributed by atoms with E-state index in [-0.39, 0.29) is 23.8 Å². The second kappa shape index (κ2) is 8.25. The molecule has 1 aromatic rings. The van der Waals surface area contributed by atoms with Gasteiger partial charge >= 0.3 is 24.4 Å². The fraction of sp³-hybridized carbons (Fsp3) is 0.529. The zero-order chi connectivity index (χ0) is 22.1. The van der Waals surface area contributed by atoms with Crippen molar-refractivity contribution in [1.82, 2.24) is 4.90 Å². The van der Waals surface area contributed by atoms with Crippen LogP contribution >= 0.6 is 11.3 Å². The Bertz CT molecular complexity index is 828. The van der Waals surface area contributed by atoms with Crippen molar-refractivity contribution in [2.45, 2.75) is 39.5 Å². The van der Waals surface area contributed by atoms with Gasteiger partial charge in [0.15, 0.2) is 0 Å². The number of thiophene rings is 1. The molecule has 1 aromatic heterocycles. The van der Waals surface area contributed by atoms with Crippen LogP contribution in [0.4, 0.5) is 36.1 Å². The van der Waals surface area contributed by atoms with E-state index in [0.29, 0.717) is 16.2 Å². The summed E-state index contributed by atoms with van der Waals surface area (Å²) in [5, 5.41) is -0.354. The maximum atomic E-state index is 13.9. The molecule has 0 saturated carbocycles. The van der Waals surface area contributed by atoms with Crippen LogP contribution in [-0.4, -0.2) is 42.8 Å². The van der Waals surface area contributed by atoms with Crippen LogP contribution < -0.4 is 4.90 Å². The van der Waals surface area contributed by atoms with E-state index in [1.807, 2.05) is 0 Å². The fourth-order valence-electron chi connectivity index (χ4n) is 2.97. The number of urea groups is 1. The van der Waals surface area contributed by atoms with Crippen molar-refractivity contribution in [3.05, 3.63) is 22.1 Å². The molecule has 0 N–H and O–H groups in total. The molecule has 2 rings (SSSR count). The minimum absolute atomic E-state index is 0.0671. The number of amides is 2. The average Bonchev–Trinajstić information content (AvgIpc) is 2.99. The molecule has 2 heterocycles. The van der Waals surface area contributed by atoms with Crippen molar-refractivity contribution in [2.24, 2.45) is 0 Å². The molecule has 0 radical (unpaired) electrons. The normalized spacial score (nSPS) is 16.4. The summed E-state index contributed by atoms with van der Waals surface area (Å²) in [5.41, 5.74) is -1.92. The van der Waals surface area contributed by atoms with Crippen molar-refractivity contribution >= 4 is 34.0 Å². The summed E-state index contributed by atoms with van der Waals surface area (Å²) < 4.78 is 84.5. The predicted molar refractivity (Wildman–Crippen MR) is 94.7 cm³/mol. The minimum Gasteiger partial charge on any atom is -0.462 e.